The van der Waals surface area contributed by atoms with Crippen LogP contribution in [0, 0.1) is 0 Å². The molecule has 0 aliphatic rings. The summed E-state index contributed by atoms with van der Waals surface area (Å²) in [6, 6.07) is 12.5. The van der Waals surface area contributed by atoms with Crippen molar-refractivity contribution in [2.45, 2.75) is 26.3 Å². The van der Waals surface area contributed by atoms with Crippen molar-refractivity contribution in [2.75, 3.05) is 6.61 Å². The van der Waals surface area contributed by atoms with Gasteiger partial charge in [-0.25, -0.2) is 0 Å². The van der Waals surface area contributed by atoms with Crippen LogP contribution < -0.4 is 10.5 Å². The smallest absolute Gasteiger partial charge is 0.124 e. The van der Waals surface area contributed by atoms with Crippen LogP contribution in [0.4, 0.5) is 0 Å². The van der Waals surface area contributed by atoms with Gasteiger partial charge >= 0.3 is 0 Å². The Morgan fingerprint density at radius 3 is 2.50 bits per heavy atom. The number of nitrogens with two attached hydrogens (primary N) is 1. The average molecular weight is 266 g/mol. The summed E-state index contributed by atoms with van der Waals surface area (Å²) in [5, 5.41) is 2.42. The van der Waals surface area contributed by atoms with E-state index in [-0.39, 0.29) is 18.4 Å². The van der Waals surface area contributed by atoms with Crippen molar-refractivity contribution in [3.63, 3.8) is 0 Å². The van der Waals surface area contributed by atoms with Crippen LogP contribution in [-0.4, -0.2) is 6.61 Å². The van der Waals surface area contributed by atoms with Crippen LogP contribution in [0.5, 0.6) is 5.75 Å². The number of halogens is 1. The summed E-state index contributed by atoms with van der Waals surface area (Å²) in [6.07, 6.45) is 0.911. The Hall–Kier alpha value is -1.25. The van der Waals surface area contributed by atoms with Crippen LogP contribution in [0.3, 0.4) is 0 Å². The highest BCUT2D eigenvalue weighted by Gasteiger charge is 2.14. The van der Waals surface area contributed by atoms with Crippen LogP contribution in [0.15, 0.2) is 36.4 Å². The fourth-order valence-electron chi connectivity index (χ4n) is 2.14. The molecule has 0 saturated carbocycles. The van der Waals surface area contributed by atoms with E-state index in [9.17, 15) is 0 Å². The van der Waals surface area contributed by atoms with Crippen LogP contribution in [0.2, 0.25) is 0 Å². The maximum Gasteiger partial charge on any atom is 0.124 e. The van der Waals surface area contributed by atoms with E-state index in [1.807, 2.05) is 25.1 Å². The van der Waals surface area contributed by atoms with E-state index in [1.54, 1.807) is 0 Å². The first-order valence-corrected chi connectivity index (χ1v) is 6.18. The van der Waals surface area contributed by atoms with Gasteiger partial charge in [0.25, 0.3) is 0 Å². The van der Waals surface area contributed by atoms with Crippen molar-refractivity contribution in [3.05, 3.63) is 42.0 Å². The van der Waals surface area contributed by atoms with Crippen LogP contribution in [0.1, 0.15) is 31.9 Å². The molecule has 0 saturated heterocycles. The van der Waals surface area contributed by atoms with Gasteiger partial charge < -0.3 is 10.5 Å². The first kappa shape index (κ1) is 14.8. The van der Waals surface area contributed by atoms with E-state index >= 15 is 0 Å². The topological polar surface area (TPSA) is 35.2 Å². The lowest BCUT2D eigenvalue weighted by Crippen LogP contribution is -2.11. The molecule has 2 N–H and O–H groups in total. The molecule has 0 radical (unpaired) electrons. The van der Waals surface area contributed by atoms with Crippen LogP contribution >= 0.6 is 12.4 Å². The van der Waals surface area contributed by atoms with Gasteiger partial charge in [-0.1, -0.05) is 37.3 Å². The lowest BCUT2D eigenvalue weighted by atomic mass is 9.96. The summed E-state index contributed by atoms with van der Waals surface area (Å²) in [6.45, 7) is 4.76. The molecule has 0 aromatic heterocycles. The highest BCUT2D eigenvalue weighted by atomic mass is 35.5. The summed E-state index contributed by atoms with van der Waals surface area (Å²) < 4.78 is 5.69. The van der Waals surface area contributed by atoms with Crippen molar-refractivity contribution in [1.82, 2.24) is 0 Å². The monoisotopic (exact) mass is 265 g/mol. The van der Waals surface area contributed by atoms with Crippen molar-refractivity contribution < 1.29 is 4.74 Å². The van der Waals surface area contributed by atoms with Gasteiger partial charge in [0, 0.05) is 11.6 Å². The second-order valence-corrected chi connectivity index (χ2v) is 4.15. The molecule has 1 atom stereocenters. The molecule has 2 rings (SSSR count). The number of benzene rings is 2. The minimum Gasteiger partial charge on any atom is -0.494 e. The molecule has 0 amide bonds. The molecule has 2 nitrogen and oxygen atoms in total. The van der Waals surface area contributed by atoms with E-state index < -0.39 is 0 Å². The number of fused-ring (bicyclic) bond motifs is 1. The Labute approximate surface area is 115 Å². The molecule has 0 spiro atoms. The Morgan fingerprint density at radius 1 is 1.11 bits per heavy atom. The van der Waals surface area contributed by atoms with E-state index in [1.165, 1.54) is 10.8 Å². The highest BCUT2D eigenvalue weighted by molar-refractivity contribution is 5.88. The summed E-state index contributed by atoms with van der Waals surface area (Å²) >= 11 is 0. The predicted molar refractivity (Wildman–Crippen MR) is 79.6 cm³/mol. The molecular formula is C15H20ClNO. The molecule has 18 heavy (non-hydrogen) atoms. The number of ether oxygens (including phenoxy) is 1. The fourth-order valence-corrected chi connectivity index (χ4v) is 2.14. The number of hydrogen-bond donors (Lipinski definition) is 1. The van der Waals surface area contributed by atoms with Gasteiger partial charge in [0.2, 0.25) is 0 Å². The minimum atomic E-state index is 0. The summed E-state index contributed by atoms with van der Waals surface area (Å²) in [5.41, 5.74) is 7.34. The standard InChI is InChI=1S/C15H19NO.ClH/c1-3-13(16)15-12-8-6-5-7-11(12)9-10-14(15)17-4-2;/h5-10,13H,3-4,16H2,1-2H3;1H/t13-;/m0./s1. The zero-order valence-corrected chi connectivity index (χ0v) is 11.7. The summed E-state index contributed by atoms with van der Waals surface area (Å²) in [7, 11) is 0. The van der Waals surface area contributed by atoms with Gasteiger partial charge in [-0.15, -0.1) is 12.4 Å². The molecule has 0 aliphatic heterocycles. The predicted octanol–water partition coefficient (Wildman–Crippen LogP) is 4.07. The van der Waals surface area contributed by atoms with Crippen molar-refractivity contribution >= 4 is 23.2 Å². The Bertz CT molecular complexity index is 513. The first-order valence-electron chi connectivity index (χ1n) is 6.18. The molecule has 2 aromatic rings. The summed E-state index contributed by atoms with van der Waals surface area (Å²) in [5.74, 6) is 0.917. The summed E-state index contributed by atoms with van der Waals surface area (Å²) in [4.78, 5) is 0. The molecular weight excluding hydrogens is 246 g/mol. The first-order chi connectivity index (χ1) is 8.27. The number of hydrogen-bond acceptors (Lipinski definition) is 2. The molecule has 0 unspecified atom stereocenters. The molecule has 2 aromatic carbocycles. The van der Waals surface area contributed by atoms with Crippen molar-refractivity contribution in [3.8, 4) is 5.75 Å². The van der Waals surface area contributed by atoms with Gasteiger partial charge in [0.1, 0.15) is 5.75 Å². The average Bonchev–Trinajstić information content (AvgIpc) is 2.38. The van der Waals surface area contributed by atoms with E-state index in [2.05, 4.69) is 25.1 Å². The van der Waals surface area contributed by atoms with Crippen molar-refractivity contribution in [1.29, 1.82) is 0 Å². The maximum atomic E-state index is 6.21. The molecule has 98 valence electrons. The Balaban J connectivity index is 0.00000162. The highest BCUT2D eigenvalue weighted by Crippen LogP contribution is 2.33. The Morgan fingerprint density at radius 2 is 1.83 bits per heavy atom. The zero-order chi connectivity index (χ0) is 12.3. The van der Waals surface area contributed by atoms with E-state index in [4.69, 9.17) is 10.5 Å². The third kappa shape index (κ3) is 2.77. The SMILES string of the molecule is CCOc1ccc2ccccc2c1[C@@H](N)CC.Cl. The normalized spacial score (nSPS) is 11.9. The second-order valence-electron chi connectivity index (χ2n) is 4.15. The van der Waals surface area contributed by atoms with Crippen molar-refractivity contribution in [2.24, 2.45) is 5.73 Å². The molecule has 0 fully saturated rings. The van der Waals surface area contributed by atoms with Gasteiger partial charge in [-0.05, 0) is 30.2 Å². The third-order valence-corrected chi connectivity index (χ3v) is 3.04. The van der Waals surface area contributed by atoms with Gasteiger partial charge in [0.05, 0.1) is 6.61 Å². The van der Waals surface area contributed by atoms with Gasteiger partial charge in [0.15, 0.2) is 0 Å². The van der Waals surface area contributed by atoms with E-state index in [0.717, 1.165) is 17.7 Å². The molecule has 3 heteroatoms. The minimum absolute atomic E-state index is 0. The van der Waals surface area contributed by atoms with Crippen LogP contribution in [0.25, 0.3) is 10.8 Å². The molecule has 0 heterocycles. The quantitative estimate of drug-likeness (QED) is 0.904. The fraction of sp³-hybridized carbons (Fsp3) is 0.333. The zero-order valence-electron chi connectivity index (χ0n) is 10.8. The maximum absolute atomic E-state index is 6.21. The lowest BCUT2D eigenvalue weighted by molar-refractivity contribution is 0.334. The van der Waals surface area contributed by atoms with E-state index in [0.29, 0.717) is 6.61 Å². The Kier molecular flexibility index (Phi) is 5.45. The second kappa shape index (κ2) is 6.62. The third-order valence-electron chi connectivity index (χ3n) is 3.04. The van der Waals surface area contributed by atoms with Gasteiger partial charge in [-0.3, -0.25) is 0 Å². The molecule has 0 bridgehead atoms. The largest absolute Gasteiger partial charge is 0.494 e. The van der Waals surface area contributed by atoms with Crippen LogP contribution in [-0.2, 0) is 0 Å². The number of rotatable bonds is 4. The van der Waals surface area contributed by atoms with Gasteiger partial charge in [-0.2, -0.15) is 0 Å². The lowest BCUT2D eigenvalue weighted by Gasteiger charge is -2.17. The molecule has 0 aliphatic carbocycles.